The van der Waals surface area contributed by atoms with Gasteiger partial charge in [0, 0.05) is 0 Å². The first-order chi connectivity index (χ1) is 8.36. The predicted octanol–water partition coefficient (Wildman–Crippen LogP) is 4.71. The Labute approximate surface area is 139 Å². The van der Waals surface area contributed by atoms with Crippen LogP contribution in [0.5, 0.6) is 0 Å². The molecule has 4 N–H and O–H groups in total. The average molecular weight is 462 g/mol. The van der Waals surface area contributed by atoms with Gasteiger partial charge >= 0.3 is 20.1 Å². The summed E-state index contributed by atoms with van der Waals surface area (Å²) in [6.45, 7) is 11.8. The molecule has 0 aromatic rings. The fourth-order valence-corrected chi connectivity index (χ4v) is 3.29. The van der Waals surface area contributed by atoms with E-state index in [0.717, 1.165) is 36.5 Å². The zero-order chi connectivity index (χ0) is 13.9. The largest absolute Gasteiger partial charge is 3.00 e. The van der Waals surface area contributed by atoms with Crippen LogP contribution < -0.4 is 0 Å². The smallest absolute Gasteiger partial charge is 0.676 e. The standard InChI is InChI=1S/C10H19.C6H12N2.Ir.H2O/c1-6-7(2)9(4)10(5)8(6)3;7-5-3-1-2-4-6(5)8;;/h6-9H,1-5H3;5-8H,1-4H2;;1H2/q-1;-2;+3;/t;5-,6-;;/m.0../s1. The Bertz CT molecular complexity index is 198. The van der Waals surface area contributed by atoms with E-state index in [-0.39, 0.29) is 37.7 Å². The van der Waals surface area contributed by atoms with Crippen LogP contribution >= 0.6 is 0 Å². The minimum atomic E-state index is -0.0799. The van der Waals surface area contributed by atoms with Crippen molar-refractivity contribution in [3.63, 3.8) is 0 Å². The van der Waals surface area contributed by atoms with Crippen molar-refractivity contribution in [1.82, 2.24) is 0 Å². The Morgan fingerprint density at radius 2 is 1.10 bits per heavy atom. The van der Waals surface area contributed by atoms with E-state index in [9.17, 15) is 0 Å². The van der Waals surface area contributed by atoms with Crippen LogP contribution in [0.4, 0.5) is 0 Å². The number of hydrogen-bond donors (Lipinski definition) is 0. The van der Waals surface area contributed by atoms with Crippen molar-refractivity contribution in [3.8, 4) is 0 Å². The molecule has 20 heavy (non-hydrogen) atoms. The van der Waals surface area contributed by atoms with Crippen molar-refractivity contribution >= 4 is 0 Å². The first-order valence-corrected chi connectivity index (χ1v) is 7.61. The zero-order valence-corrected chi connectivity index (χ0v) is 16.0. The van der Waals surface area contributed by atoms with Gasteiger partial charge < -0.3 is 22.9 Å². The molecule has 0 aliphatic heterocycles. The van der Waals surface area contributed by atoms with Gasteiger partial charge in [-0.05, 0) is 0 Å². The quantitative estimate of drug-likeness (QED) is 0.468. The van der Waals surface area contributed by atoms with Gasteiger partial charge in [-0.3, -0.25) is 0 Å². The molecule has 2 aliphatic rings. The van der Waals surface area contributed by atoms with Gasteiger partial charge in [0.1, 0.15) is 0 Å². The van der Waals surface area contributed by atoms with E-state index < -0.39 is 0 Å². The van der Waals surface area contributed by atoms with Gasteiger partial charge in [-0.1, -0.05) is 65.2 Å². The molecular weight excluding hydrogens is 428 g/mol. The molecule has 6 atom stereocenters. The second kappa shape index (κ2) is 10.3. The van der Waals surface area contributed by atoms with E-state index in [1.165, 1.54) is 12.8 Å². The third kappa shape index (κ3) is 5.73. The molecule has 0 amide bonds. The van der Waals surface area contributed by atoms with E-state index in [2.05, 4.69) is 34.6 Å². The molecule has 0 aromatic carbocycles. The second-order valence-electron chi connectivity index (χ2n) is 6.54. The number of nitrogens with one attached hydrogen (secondary N) is 2. The molecular formula is C16H33IrN2O. The van der Waals surface area contributed by atoms with Crippen molar-refractivity contribution in [1.29, 1.82) is 0 Å². The van der Waals surface area contributed by atoms with Gasteiger partial charge in [0.25, 0.3) is 0 Å². The fourth-order valence-electron chi connectivity index (χ4n) is 3.29. The van der Waals surface area contributed by atoms with Gasteiger partial charge in [0.2, 0.25) is 0 Å². The molecule has 2 fully saturated rings. The third-order valence-electron chi connectivity index (χ3n) is 5.61. The Morgan fingerprint density at radius 3 is 1.25 bits per heavy atom. The first kappa shape index (κ1) is 22.8. The fraction of sp³-hybridized carbons (Fsp3) is 0.938. The minimum Gasteiger partial charge on any atom is -0.676 e. The van der Waals surface area contributed by atoms with Gasteiger partial charge in [-0.2, -0.15) is 30.8 Å². The topological polar surface area (TPSA) is 79.1 Å². The Morgan fingerprint density at radius 1 is 0.800 bits per heavy atom. The summed E-state index contributed by atoms with van der Waals surface area (Å²) in [5.41, 5.74) is 14.6. The Kier molecular flexibility index (Phi) is 11.7. The number of hydrogen-bond acceptors (Lipinski definition) is 0. The Hall–Kier alpha value is 0.529. The van der Waals surface area contributed by atoms with Crippen LogP contribution in [0.25, 0.3) is 11.5 Å². The maximum Gasteiger partial charge on any atom is 3.00 e. The van der Waals surface area contributed by atoms with Crippen molar-refractivity contribution in [2.45, 2.75) is 72.4 Å². The molecule has 0 radical (unpaired) electrons. The van der Waals surface area contributed by atoms with Crippen LogP contribution in [0.15, 0.2) is 0 Å². The maximum absolute atomic E-state index is 7.29. The van der Waals surface area contributed by atoms with Crippen LogP contribution in [-0.2, 0) is 20.1 Å². The molecule has 0 heterocycles. The summed E-state index contributed by atoms with van der Waals surface area (Å²) in [4.78, 5) is 0. The second-order valence-corrected chi connectivity index (χ2v) is 6.54. The van der Waals surface area contributed by atoms with E-state index in [1.807, 2.05) is 0 Å². The van der Waals surface area contributed by atoms with E-state index in [0.29, 0.717) is 0 Å². The summed E-state index contributed by atoms with van der Waals surface area (Å²) in [6, 6.07) is -0.160. The van der Waals surface area contributed by atoms with Crippen LogP contribution in [-0.4, -0.2) is 17.6 Å². The van der Waals surface area contributed by atoms with Crippen molar-refractivity contribution in [3.05, 3.63) is 17.4 Å². The molecule has 0 saturated heterocycles. The molecule has 0 spiro atoms. The Balaban J connectivity index is 0. The van der Waals surface area contributed by atoms with E-state index in [1.54, 1.807) is 5.92 Å². The van der Waals surface area contributed by atoms with Gasteiger partial charge in [-0.25, -0.2) is 0 Å². The number of rotatable bonds is 0. The summed E-state index contributed by atoms with van der Waals surface area (Å²) < 4.78 is 0. The molecule has 0 bridgehead atoms. The first-order valence-electron chi connectivity index (χ1n) is 7.61. The molecule has 122 valence electrons. The molecule has 0 aromatic heterocycles. The maximum atomic E-state index is 7.29. The van der Waals surface area contributed by atoms with Gasteiger partial charge in [-0.15, -0.1) is 0 Å². The summed E-state index contributed by atoms with van der Waals surface area (Å²) in [6.07, 6.45) is 4.25. The summed E-state index contributed by atoms with van der Waals surface area (Å²) >= 11 is 0. The monoisotopic (exact) mass is 462 g/mol. The average Bonchev–Trinajstić information content (AvgIpc) is 2.52. The van der Waals surface area contributed by atoms with E-state index in [4.69, 9.17) is 11.5 Å². The van der Waals surface area contributed by atoms with Crippen LogP contribution in [0.3, 0.4) is 0 Å². The van der Waals surface area contributed by atoms with Crippen molar-refractivity contribution in [2.75, 3.05) is 0 Å². The molecule has 2 rings (SSSR count). The molecule has 3 nitrogen and oxygen atoms in total. The third-order valence-corrected chi connectivity index (χ3v) is 5.61. The van der Waals surface area contributed by atoms with Gasteiger partial charge in [0.15, 0.2) is 0 Å². The van der Waals surface area contributed by atoms with Crippen LogP contribution in [0, 0.1) is 29.6 Å². The SMILES string of the molecule is C[C-]1C(C)C(C)C(C)C1C.O.[Ir+3].[NH-][C@H]1CCCC[C@@H]1[NH-]. The summed E-state index contributed by atoms with van der Waals surface area (Å²) in [7, 11) is 0. The molecule has 2 aliphatic carbocycles. The molecule has 2 saturated carbocycles. The van der Waals surface area contributed by atoms with Crippen molar-refractivity contribution < 1.29 is 25.6 Å². The summed E-state index contributed by atoms with van der Waals surface area (Å²) in [5, 5.41) is 0. The van der Waals surface area contributed by atoms with Crippen LogP contribution in [0.1, 0.15) is 60.3 Å². The molecule has 4 heteroatoms. The minimum absolute atomic E-state index is 0. The normalized spacial score (nSPS) is 41.0. The zero-order valence-electron chi connectivity index (χ0n) is 13.6. The summed E-state index contributed by atoms with van der Waals surface area (Å²) in [5.74, 6) is 5.21. The van der Waals surface area contributed by atoms with E-state index >= 15 is 0 Å². The predicted molar refractivity (Wildman–Crippen MR) is 83.9 cm³/mol. The van der Waals surface area contributed by atoms with Crippen molar-refractivity contribution in [2.24, 2.45) is 23.7 Å². The molecule has 4 unspecified atom stereocenters. The van der Waals surface area contributed by atoms with Gasteiger partial charge in [0.05, 0.1) is 0 Å². The van der Waals surface area contributed by atoms with Crippen LogP contribution in [0.2, 0.25) is 0 Å².